The third-order valence-electron chi connectivity index (χ3n) is 4.79. The summed E-state index contributed by atoms with van der Waals surface area (Å²) in [5.74, 6) is -0.259. The second-order valence-corrected chi connectivity index (χ2v) is 8.49. The molecule has 0 atom stereocenters. The fourth-order valence-electron chi connectivity index (χ4n) is 3.26. The monoisotopic (exact) mass is 387 g/mol. The lowest BCUT2D eigenvalue weighted by atomic mass is 10.2. The quantitative estimate of drug-likeness (QED) is 0.826. The van der Waals surface area contributed by atoms with Gasteiger partial charge in [-0.2, -0.15) is 0 Å². The van der Waals surface area contributed by atoms with E-state index in [1.807, 2.05) is 24.3 Å². The molecule has 2 aromatic rings. The van der Waals surface area contributed by atoms with Crippen molar-refractivity contribution in [1.82, 2.24) is 4.72 Å². The normalized spacial score (nSPS) is 15.2. The molecule has 1 aliphatic heterocycles. The Morgan fingerprint density at radius 1 is 0.926 bits per heavy atom. The fourth-order valence-corrected chi connectivity index (χ4v) is 3.99. The number of amides is 1. The average molecular weight is 388 g/mol. The van der Waals surface area contributed by atoms with Crippen LogP contribution in [0.5, 0.6) is 0 Å². The van der Waals surface area contributed by atoms with Crippen molar-refractivity contribution in [1.29, 1.82) is 0 Å². The van der Waals surface area contributed by atoms with Crippen LogP contribution in [0, 0.1) is 0 Å². The number of anilines is 2. The van der Waals surface area contributed by atoms with Crippen molar-refractivity contribution in [2.24, 2.45) is 0 Å². The highest BCUT2D eigenvalue weighted by Crippen LogP contribution is 2.28. The van der Waals surface area contributed by atoms with Crippen molar-refractivity contribution >= 4 is 27.3 Å². The summed E-state index contributed by atoms with van der Waals surface area (Å²) in [4.78, 5) is 15.1. The van der Waals surface area contributed by atoms with Crippen LogP contribution in [0.4, 0.5) is 11.4 Å². The van der Waals surface area contributed by atoms with E-state index >= 15 is 0 Å². The highest BCUT2D eigenvalue weighted by Gasteiger charge is 2.16. The van der Waals surface area contributed by atoms with Crippen molar-refractivity contribution in [2.45, 2.75) is 30.6 Å². The maximum absolute atomic E-state index is 12.7. The lowest BCUT2D eigenvalue weighted by molar-refractivity contribution is 0.102. The van der Waals surface area contributed by atoms with Gasteiger partial charge in [0.15, 0.2) is 0 Å². The zero-order valence-corrected chi connectivity index (χ0v) is 16.3. The minimum Gasteiger partial charge on any atom is -0.370 e. The number of nitrogens with one attached hydrogen (secondary N) is 2. The van der Waals surface area contributed by atoms with Crippen LogP contribution < -0.4 is 14.9 Å². The number of carbonyl (C=O) groups is 1. The molecular weight excluding hydrogens is 362 g/mol. The summed E-state index contributed by atoms with van der Waals surface area (Å²) < 4.78 is 25.9. The Bertz CT molecular complexity index is 887. The van der Waals surface area contributed by atoms with E-state index in [-0.39, 0.29) is 10.8 Å². The number of nitrogens with zero attached hydrogens (tertiary/aromatic N) is 1. The first kappa shape index (κ1) is 19.4. The van der Waals surface area contributed by atoms with E-state index in [2.05, 4.69) is 14.9 Å². The summed E-state index contributed by atoms with van der Waals surface area (Å²) in [5.41, 5.74) is 2.22. The third-order valence-corrected chi connectivity index (χ3v) is 6.22. The molecule has 1 aliphatic rings. The highest BCUT2D eigenvalue weighted by atomic mass is 32.2. The van der Waals surface area contributed by atoms with Crippen LogP contribution in [0.2, 0.25) is 0 Å². The van der Waals surface area contributed by atoms with E-state index in [1.54, 1.807) is 0 Å². The molecule has 0 aromatic heterocycles. The number of hydrogen-bond donors (Lipinski definition) is 2. The van der Waals surface area contributed by atoms with Crippen LogP contribution in [0.3, 0.4) is 0 Å². The number of rotatable bonds is 5. The Labute approximate surface area is 160 Å². The number of para-hydroxylation sites is 2. The molecule has 0 radical (unpaired) electrons. The summed E-state index contributed by atoms with van der Waals surface area (Å²) in [6.07, 6.45) is 4.80. The molecule has 0 aliphatic carbocycles. The molecule has 3 rings (SSSR count). The average Bonchev–Trinajstić information content (AvgIpc) is 2.98. The van der Waals surface area contributed by atoms with Gasteiger partial charge in [-0.1, -0.05) is 25.0 Å². The molecule has 1 amide bonds. The van der Waals surface area contributed by atoms with Crippen LogP contribution in [-0.4, -0.2) is 34.5 Å². The topological polar surface area (TPSA) is 78.5 Å². The summed E-state index contributed by atoms with van der Waals surface area (Å²) in [6.45, 7) is 1.98. The predicted molar refractivity (Wildman–Crippen MR) is 108 cm³/mol. The van der Waals surface area contributed by atoms with E-state index < -0.39 is 10.0 Å². The number of carbonyl (C=O) groups excluding carboxylic acids is 1. The molecule has 1 saturated heterocycles. The molecule has 0 bridgehead atoms. The molecule has 0 saturated carbocycles. The second-order valence-electron chi connectivity index (χ2n) is 6.60. The maximum Gasteiger partial charge on any atom is 0.255 e. The summed E-state index contributed by atoms with van der Waals surface area (Å²) in [6, 6.07) is 13.7. The van der Waals surface area contributed by atoms with Crippen LogP contribution in [0.25, 0.3) is 0 Å². The van der Waals surface area contributed by atoms with Crippen LogP contribution in [0.1, 0.15) is 36.0 Å². The van der Waals surface area contributed by atoms with Gasteiger partial charge in [-0.05, 0) is 56.3 Å². The molecule has 27 heavy (non-hydrogen) atoms. The van der Waals surface area contributed by atoms with Gasteiger partial charge in [-0.15, -0.1) is 0 Å². The van der Waals surface area contributed by atoms with E-state index in [0.717, 1.165) is 37.3 Å². The van der Waals surface area contributed by atoms with Crippen molar-refractivity contribution in [3.8, 4) is 0 Å². The molecular formula is C20H25N3O3S. The van der Waals surface area contributed by atoms with Gasteiger partial charge in [-0.3, -0.25) is 4.79 Å². The van der Waals surface area contributed by atoms with Gasteiger partial charge >= 0.3 is 0 Å². The number of hydrogen-bond acceptors (Lipinski definition) is 4. The smallest absolute Gasteiger partial charge is 0.255 e. The summed E-state index contributed by atoms with van der Waals surface area (Å²) in [7, 11) is -2.16. The predicted octanol–water partition coefficient (Wildman–Crippen LogP) is 3.23. The van der Waals surface area contributed by atoms with Crippen LogP contribution in [0.15, 0.2) is 53.4 Å². The number of benzene rings is 2. The van der Waals surface area contributed by atoms with Crippen molar-refractivity contribution < 1.29 is 13.2 Å². The van der Waals surface area contributed by atoms with Gasteiger partial charge in [0.2, 0.25) is 10.0 Å². The Morgan fingerprint density at radius 3 is 2.19 bits per heavy atom. The summed E-state index contributed by atoms with van der Waals surface area (Å²) >= 11 is 0. The lowest BCUT2D eigenvalue weighted by Gasteiger charge is -2.25. The van der Waals surface area contributed by atoms with Gasteiger partial charge in [0.25, 0.3) is 5.91 Å². The lowest BCUT2D eigenvalue weighted by Crippen LogP contribution is -2.25. The molecule has 1 fully saturated rings. The second kappa shape index (κ2) is 8.54. The minimum atomic E-state index is -3.51. The molecule has 0 spiro atoms. The van der Waals surface area contributed by atoms with E-state index in [0.29, 0.717) is 5.56 Å². The third kappa shape index (κ3) is 4.67. The molecule has 6 nitrogen and oxygen atoms in total. The van der Waals surface area contributed by atoms with Gasteiger partial charge in [-0.25, -0.2) is 13.1 Å². The van der Waals surface area contributed by atoms with E-state index in [1.165, 1.54) is 44.2 Å². The van der Waals surface area contributed by atoms with Crippen LogP contribution >= 0.6 is 0 Å². The number of sulfonamides is 1. The van der Waals surface area contributed by atoms with Gasteiger partial charge < -0.3 is 10.2 Å². The highest BCUT2D eigenvalue weighted by molar-refractivity contribution is 7.89. The zero-order chi connectivity index (χ0) is 19.3. The van der Waals surface area contributed by atoms with E-state index in [9.17, 15) is 13.2 Å². The SMILES string of the molecule is CNS(=O)(=O)c1ccc(C(=O)Nc2ccccc2N2CCCCCC2)cc1. The first-order chi connectivity index (χ1) is 13.0. The Hall–Kier alpha value is -2.38. The van der Waals surface area contributed by atoms with Crippen molar-refractivity contribution in [2.75, 3.05) is 30.4 Å². The van der Waals surface area contributed by atoms with Gasteiger partial charge in [0.05, 0.1) is 16.3 Å². The molecule has 2 N–H and O–H groups in total. The van der Waals surface area contributed by atoms with E-state index in [4.69, 9.17) is 0 Å². The van der Waals surface area contributed by atoms with Crippen molar-refractivity contribution in [3.63, 3.8) is 0 Å². The Kier molecular flexibility index (Phi) is 6.13. The molecule has 144 valence electrons. The molecule has 7 heteroatoms. The van der Waals surface area contributed by atoms with Crippen LogP contribution in [-0.2, 0) is 10.0 Å². The standard InChI is InChI=1S/C20H25N3O3S/c1-21-27(25,26)17-12-10-16(11-13-17)20(24)22-18-8-4-5-9-19(18)23-14-6-2-3-7-15-23/h4-5,8-13,21H,2-3,6-7,14-15H2,1H3,(H,22,24). The maximum atomic E-state index is 12.7. The molecule has 2 aromatic carbocycles. The van der Waals surface area contributed by atoms with Crippen molar-refractivity contribution in [3.05, 3.63) is 54.1 Å². The van der Waals surface area contributed by atoms with Gasteiger partial charge in [0.1, 0.15) is 0 Å². The minimum absolute atomic E-state index is 0.131. The summed E-state index contributed by atoms with van der Waals surface area (Å²) in [5, 5.41) is 2.97. The first-order valence-electron chi connectivity index (χ1n) is 9.20. The molecule has 0 unspecified atom stereocenters. The fraction of sp³-hybridized carbons (Fsp3) is 0.350. The Morgan fingerprint density at radius 2 is 1.56 bits per heavy atom. The van der Waals surface area contributed by atoms with Gasteiger partial charge in [0, 0.05) is 18.7 Å². The molecule has 1 heterocycles. The largest absolute Gasteiger partial charge is 0.370 e. The first-order valence-corrected chi connectivity index (χ1v) is 10.7. The zero-order valence-electron chi connectivity index (χ0n) is 15.4. The Balaban J connectivity index is 1.78.